The maximum atomic E-state index is 11.5. The summed E-state index contributed by atoms with van der Waals surface area (Å²) in [5.74, 6) is 0. The van der Waals surface area contributed by atoms with Crippen LogP contribution in [0.5, 0.6) is 0 Å². The lowest BCUT2D eigenvalue weighted by atomic mass is 10.3. The lowest BCUT2D eigenvalue weighted by molar-refractivity contribution is 0.0978. The third-order valence-corrected chi connectivity index (χ3v) is 1.92. The SMILES string of the molecule is CN(C)N(C)C(=O)Nc1ccccc1. The van der Waals surface area contributed by atoms with Crippen LogP contribution in [-0.2, 0) is 0 Å². The molecule has 0 spiro atoms. The van der Waals surface area contributed by atoms with E-state index < -0.39 is 0 Å². The van der Waals surface area contributed by atoms with Gasteiger partial charge in [-0.3, -0.25) is 5.01 Å². The number of hydrogen-bond donors (Lipinski definition) is 1. The summed E-state index contributed by atoms with van der Waals surface area (Å²) in [6, 6.07) is 9.21. The third-order valence-electron chi connectivity index (χ3n) is 1.92. The van der Waals surface area contributed by atoms with Gasteiger partial charge in [-0.1, -0.05) is 18.2 Å². The Kier molecular flexibility index (Phi) is 3.48. The highest BCUT2D eigenvalue weighted by molar-refractivity contribution is 5.88. The molecule has 1 N–H and O–H groups in total. The van der Waals surface area contributed by atoms with Crippen molar-refractivity contribution in [2.75, 3.05) is 26.5 Å². The van der Waals surface area contributed by atoms with Crippen LogP contribution in [0.1, 0.15) is 0 Å². The fraction of sp³-hybridized carbons (Fsp3) is 0.300. The Balaban J connectivity index is 2.58. The van der Waals surface area contributed by atoms with Crippen molar-refractivity contribution in [3.05, 3.63) is 30.3 Å². The molecule has 0 fully saturated rings. The summed E-state index contributed by atoms with van der Waals surface area (Å²) in [4.78, 5) is 11.5. The zero-order valence-corrected chi connectivity index (χ0v) is 8.69. The van der Waals surface area contributed by atoms with Crippen molar-refractivity contribution in [3.63, 3.8) is 0 Å². The van der Waals surface area contributed by atoms with E-state index in [1.807, 2.05) is 44.4 Å². The second kappa shape index (κ2) is 4.62. The first kappa shape index (κ1) is 10.5. The molecular formula is C10H15N3O. The van der Waals surface area contributed by atoms with Gasteiger partial charge in [0.2, 0.25) is 0 Å². The Hall–Kier alpha value is -1.55. The van der Waals surface area contributed by atoms with Crippen LogP contribution in [0, 0.1) is 0 Å². The zero-order chi connectivity index (χ0) is 10.6. The van der Waals surface area contributed by atoms with Gasteiger partial charge < -0.3 is 5.32 Å². The van der Waals surface area contributed by atoms with Crippen LogP contribution in [-0.4, -0.2) is 37.2 Å². The van der Waals surface area contributed by atoms with Gasteiger partial charge in [0.15, 0.2) is 0 Å². The number of hydrogen-bond acceptors (Lipinski definition) is 2. The molecule has 14 heavy (non-hydrogen) atoms. The van der Waals surface area contributed by atoms with Crippen molar-refractivity contribution in [2.45, 2.75) is 0 Å². The van der Waals surface area contributed by atoms with Crippen LogP contribution in [0.4, 0.5) is 10.5 Å². The number of anilines is 1. The lowest BCUT2D eigenvalue weighted by Gasteiger charge is -2.24. The lowest BCUT2D eigenvalue weighted by Crippen LogP contribution is -2.41. The topological polar surface area (TPSA) is 35.6 Å². The smallest absolute Gasteiger partial charge is 0.307 e. The molecule has 1 aromatic carbocycles. The first-order valence-electron chi connectivity index (χ1n) is 4.38. The minimum atomic E-state index is -0.152. The predicted octanol–water partition coefficient (Wildman–Crippen LogP) is 1.63. The standard InChI is InChI=1S/C10H15N3O/c1-12(2)13(3)10(14)11-9-7-5-4-6-8-9/h4-8H,1-3H3,(H,11,14). The summed E-state index contributed by atoms with van der Waals surface area (Å²) in [6.07, 6.45) is 0. The van der Waals surface area contributed by atoms with Gasteiger partial charge in [-0.05, 0) is 12.1 Å². The molecule has 0 saturated carbocycles. The quantitative estimate of drug-likeness (QED) is 0.724. The van der Waals surface area contributed by atoms with E-state index in [4.69, 9.17) is 0 Å². The van der Waals surface area contributed by atoms with Gasteiger partial charge in [-0.25, -0.2) is 9.80 Å². The number of nitrogens with one attached hydrogen (secondary N) is 1. The molecule has 0 saturated heterocycles. The average Bonchev–Trinajstić information content (AvgIpc) is 2.18. The number of urea groups is 1. The fourth-order valence-corrected chi connectivity index (χ4v) is 0.908. The molecule has 0 aromatic heterocycles. The molecule has 1 aromatic rings. The summed E-state index contributed by atoms with van der Waals surface area (Å²) in [7, 11) is 5.33. The normalized spacial score (nSPS) is 10.0. The largest absolute Gasteiger partial charge is 0.336 e. The van der Waals surface area contributed by atoms with Crippen LogP contribution in [0.3, 0.4) is 0 Å². The third kappa shape index (κ3) is 2.74. The summed E-state index contributed by atoms with van der Waals surface area (Å²) < 4.78 is 0. The second-order valence-corrected chi connectivity index (χ2v) is 3.17. The van der Waals surface area contributed by atoms with Crippen molar-refractivity contribution in [2.24, 2.45) is 0 Å². The number of rotatable bonds is 2. The van der Waals surface area contributed by atoms with E-state index in [2.05, 4.69) is 5.32 Å². The average molecular weight is 193 g/mol. The van der Waals surface area contributed by atoms with Crippen molar-refractivity contribution in [3.8, 4) is 0 Å². The Morgan fingerprint density at radius 3 is 2.21 bits per heavy atom. The predicted molar refractivity (Wildman–Crippen MR) is 56.9 cm³/mol. The van der Waals surface area contributed by atoms with Crippen LogP contribution in [0.25, 0.3) is 0 Å². The molecule has 76 valence electrons. The molecule has 0 radical (unpaired) electrons. The second-order valence-electron chi connectivity index (χ2n) is 3.17. The van der Waals surface area contributed by atoms with E-state index in [-0.39, 0.29) is 6.03 Å². The number of amides is 2. The van der Waals surface area contributed by atoms with Gasteiger partial charge in [0.25, 0.3) is 0 Å². The molecule has 1 rings (SSSR count). The fourth-order valence-electron chi connectivity index (χ4n) is 0.908. The van der Waals surface area contributed by atoms with E-state index in [1.54, 1.807) is 12.1 Å². The van der Waals surface area contributed by atoms with Gasteiger partial charge in [0.1, 0.15) is 0 Å². The number of hydrazine groups is 1. The number of carbonyl (C=O) groups excluding carboxylic acids is 1. The molecule has 0 atom stereocenters. The molecule has 4 heteroatoms. The molecule has 4 nitrogen and oxygen atoms in total. The minimum Gasteiger partial charge on any atom is -0.307 e. The molecule has 0 aliphatic heterocycles. The summed E-state index contributed by atoms with van der Waals surface area (Å²) in [5.41, 5.74) is 0.797. The summed E-state index contributed by atoms with van der Waals surface area (Å²) >= 11 is 0. The van der Waals surface area contributed by atoms with Gasteiger partial charge in [-0.15, -0.1) is 0 Å². The Labute approximate surface area is 84.1 Å². The van der Waals surface area contributed by atoms with Gasteiger partial charge >= 0.3 is 6.03 Å². The number of nitrogens with zero attached hydrogens (tertiary/aromatic N) is 2. The van der Waals surface area contributed by atoms with E-state index >= 15 is 0 Å². The minimum absolute atomic E-state index is 0.152. The first-order chi connectivity index (χ1) is 6.61. The number of carbonyl (C=O) groups is 1. The molecular weight excluding hydrogens is 178 g/mol. The highest BCUT2D eigenvalue weighted by atomic mass is 16.2. The maximum Gasteiger partial charge on any atom is 0.336 e. The van der Waals surface area contributed by atoms with Crippen LogP contribution in [0.15, 0.2) is 30.3 Å². The summed E-state index contributed by atoms with van der Waals surface area (Å²) in [5, 5.41) is 5.97. The van der Waals surface area contributed by atoms with E-state index in [0.29, 0.717) is 0 Å². The molecule has 0 aliphatic rings. The van der Waals surface area contributed by atoms with Crippen LogP contribution in [0.2, 0.25) is 0 Å². The number of benzene rings is 1. The highest BCUT2D eigenvalue weighted by Crippen LogP contribution is 2.05. The van der Waals surface area contributed by atoms with Gasteiger partial charge in [0, 0.05) is 26.8 Å². The van der Waals surface area contributed by atoms with Crippen molar-refractivity contribution < 1.29 is 4.79 Å². The Morgan fingerprint density at radius 1 is 1.14 bits per heavy atom. The Morgan fingerprint density at radius 2 is 1.71 bits per heavy atom. The monoisotopic (exact) mass is 193 g/mol. The van der Waals surface area contributed by atoms with Crippen molar-refractivity contribution in [1.29, 1.82) is 0 Å². The molecule has 0 bridgehead atoms. The molecule has 0 unspecified atom stereocenters. The number of para-hydroxylation sites is 1. The van der Waals surface area contributed by atoms with E-state index in [1.165, 1.54) is 5.01 Å². The van der Waals surface area contributed by atoms with Gasteiger partial charge in [0.05, 0.1) is 0 Å². The van der Waals surface area contributed by atoms with Crippen LogP contribution < -0.4 is 5.32 Å². The van der Waals surface area contributed by atoms with E-state index in [0.717, 1.165) is 5.69 Å². The molecule has 2 amide bonds. The van der Waals surface area contributed by atoms with Crippen molar-refractivity contribution in [1.82, 2.24) is 10.0 Å². The van der Waals surface area contributed by atoms with Crippen LogP contribution >= 0.6 is 0 Å². The molecule has 0 aliphatic carbocycles. The highest BCUT2D eigenvalue weighted by Gasteiger charge is 2.09. The van der Waals surface area contributed by atoms with E-state index in [9.17, 15) is 4.79 Å². The maximum absolute atomic E-state index is 11.5. The zero-order valence-electron chi connectivity index (χ0n) is 8.69. The summed E-state index contributed by atoms with van der Waals surface area (Å²) in [6.45, 7) is 0. The molecule has 0 heterocycles. The van der Waals surface area contributed by atoms with Gasteiger partial charge in [-0.2, -0.15) is 0 Å². The Bertz CT molecular complexity index is 297. The first-order valence-corrected chi connectivity index (χ1v) is 4.38. The van der Waals surface area contributed by atoms with Crippen molar-refractivity contribution >= 4 is 11.7 Å².